The van der Waals surface area contributed by atoms with Crippen LogP contribution in [-0.4, -0.2) is 43.8 Å². The lowest BCUT2D eigenvalue weighted by atomic mass is 9.79. The lowest BCUT2D eigenvalue weighted by Crippen LogP contribution is -2.45. The highest BCUT2D eigenvalue weighted by Crippen LogP contribution is 2.40. The van der Waals surface area contributed by atoms with E-state index in [1.807, 2.05) is 4.90 Å². The number of amides is 2. The van der Waals surface area contributed by atoms with E-state index >= 15 is 0 Å². The molecular formula is C18H26N2O2. The van der Waals surface area contributed by atoms with Gasteiger partial charge in [-0.05, 0) is 24.8 Å². The summed E-state index contributed by atoms with van der Waals surface area (Å²) in [6.45, 7) is 2.24. The number of benzene rings is 1. The standard InChI is InChI=1S/C18H26N2O2/c1-22-16-9-12-20(13-16)17(21)19-14-18(10-5-6-11-18)15-7-3-2-4-8-15/h2-4,7-8,16H,5-6,9-14H2,1H3,(H,19,21)/t16-/m1/s1. The van der Waals surface area contributed by atoms with Crippen molar-refractivity contribution in [2.45, 2.75) is 43.6 Å². The zero-order valence-electron chi connectivity index (χ0n) is 13.4. The normalized spacial score (nSPS) is 23.7. The first kappa shape index (κ1) is 15.3. The fourth-order valence-corrected chi connectivity index (χ4v) is 3.87. The second-order valence-electron chi connectivity index (χ2n) is 6.60. The summed E-state index contributed by atoms with van der Waals surface area (Å²) in [5.74, 6) is 0. The number of ether oxygens (including phenoxy) is 1. The summed E-state index contributed by atoms with van der Waals surface area (Å²) in [5, 5.41) is 3.18. The number of methoxy groups -OCH3 is 1. The Morgan fingerprint density at radius 3 is 2.68 bits per heavy atom. The van der Waals surface area contributed by atoms with Crippen molar-refractivity contribution in [1.82, 2.24) is 10.2 Å². The highest BCUT2D eigenvalue weighted by atomic mass is 16.5. The number of carbonyl (C=O) groups excluding carboxylic acids is 1. The summed E-state index contributed by atoms with van der Waals surface area (Å²) < 4.78 is 5.34. The van der Waals surface area contributed by atoms with E-state index in [1.165, 1.54) is 18.4 Å². The Bertz CT molecular complexity index is 497. The summed E-state index contributed by atoms with van der Waals surface area (Å²) in [7, 11) is 1.72. The van der Waals surface area contributed by atoms with E-state index in [1.54, 1.807) is 7.11 Å². The van der Waals surface area contributed by atoms with Crippen LogP contribution in [0.15, 0.2) is 30.3 Å². The maximum Gasteiger partial charge on any atom is 0.317 e. The molecule has 22 heavy (non-hydrogen) atoms. The third-order valence-electron chi connectivity index (χ3n) is 5.29. The largest absolute Gasteiger partial charge is 0.380 e. The van der Waals surface area contributed by atoms with Crippen LogP contribution < -0.4 is 5.32 Å². The number of likely N-dealkylation sites (tertiary alicyclic amines) is 1. The fraction of sp³-hybridized carbons (Fsp3) is 0.611. The van der Waals surface area contributed by atoms with E-state index in [9.17, 15) is 4.79 Å². The van der Waals surface area contributed by atoms with Crippen LogP contribution >= 0.6 is 0 Å². The highest BCUT2D eigenvalue weighted by Gasteiger charge is 2.36. The molecule has 0 spiro atoms. The van der Waals surface area contributed by atoms with Crippen LogP contribution in [0.25, 0.3) is 0 Å². The fourth-order valence-electron chi connectivity index (χ4n) is 3.87. The average Bonchev–Trinajstić information content (AvgIpc) is 3.23. The van der Waals surface area contributed by atoms with E-state index in [0.717, 1.165) is 32.4 Å². The Labute approximate surface area is 132 Å². The Morgan fingerprint density at radius 2 is 2.05 bits per heavy atom. The average molecular weight is 302 g/mol. The van der Waals surface area contributed by atoms with Crippen molar-refractivity contribution < 1.29 is 9.53 Å². The Kier molecular flexibility index (Phi) is 4.67. The predicted molar refractivity (Wildman–Crippen MR) is 87.0 cm³/mol. The van der Waals surface area contributed by atoms with Crippen molar-refractivity contribution in [3.05, 3.63) is 35.9 Å². The van der Waals surface area contributed by atoms with Gasteiger partial charge >= 0.3 is 6.03 Å². The zero-order valence-corrected chi connectivity index (χ0v) is 13.4. The molecule has 0 unspecified atom stereocenters. The van der Waals surface area contributed by atoms with Gasteiger partial charge in [-0.15, -0.1) is 0 Å². The van der Waals surface area contributed by atoms with Crippen LogP contribution in [0.1, 0.15) is 37.7 Å². The molecule has 0 aromatic heterocycles. The molecule has 1 aromatic carbocycles. The van der Waals surface area contributed by atoms with Crippen molar-refractivity contribution in [2.24, 2.45) is 0 Å². The monoisotopic (exact) mass is 302 g/mol. The van der Waals surface area contributed by atoms with Crippen molar-refractivity contribution in [2.75, 3.05) is 26.7 Å². The maximum absolute atomic E-state index is 12.4. The minimum Gasteiger partial charge on any atom is -0.380 e. The zero-order chi connectivity index (χ0) is 15.4. The van der Waals surface area contributed by atoms with Gasteiger partial charge in [-0.25, -0.2) is 4.79 Å². The van der Waals surface area contributed by atoms with E-state index in [2.05, 4.69) is 35.6 Å². The van der Waals surface area contributed by atoms with E-state index < -0.39 is 0 Å². The van der Waals surface area contributed by atoms with Gasteiger partial charge in [0, 0.05) is 32.2 Å². The number of carbonyl (C=O) groups is 1. The third-order valence-corrected chi connectivity index (χ3v) is 5.29. The highest BCUT2D eigenvalue weighted by molar-refractivity contribution is 5.74. The molecule has 1 aliphatic carbocycles. The van der Waals surface area contributed by atoms with Gasteiger partial charge in [0.25, 0.3) is 0 Å². The first-order chi connectivity index (χ1) is 10.7. The van der Waals surface area contributed by atoms with Crippen LogP contribution in [0.2, 0.25) is 0 Å². The van der Waals surface area contributed by atoms with Gasteiger partial charge in [0.1, 0.15) is 0 Å². The van der Waals surface area contributed by atoms with Gasteiger partial charge in [-0.3, -0.25) is 0 Å². The summed E-state index contributed by atoms with van der Waals surface area (Å²) >= 11 is 0. The number of nitrogens with zero attached hydrogens (tertiary/aromatic N) is 1. The molecule has 1 aliphatic heterocycles. The molecule has 0 bridgehead atoms. The van der Waals surface area contributed by atoms with Gasteiger partial charge in [0.05, 0.1) is 6.10 Å². The number of urea groups is 1. The minimum absolute atomic E-state index is 0.0572. The van der Waals surface area contributed by atoms with Crippen molar-refractivity contribution in [3.8, 4) is 0 Å². The second-order valence-corrected chi connectivity index (χ2v) is 6.60. The van der Waals surface area contributed by atoms with Crippen LogP contribution in [0.5, 0.6) is 0 Å². The molecule has 2 aliphatic rings. The second kappa shape index (κ2) is 6.69. The molecule has 120 valence electrons. The topological polar surface area (TPSA) is 41.6 Å². The first-order valence-corrected chi connectivity index (χ1v) is 8.35. The molecule has 3 rings (SSSR count). The molecule has 1 atom stereocenters. The summed E-state index contributed by atoms with van der Waals surface area (Å²) in [4.78, 5) is 14.3. The quantitative estimate of drug-likeness (QED) is 0.929. The number of hydrogen-bond acceptors (Lipinski definition) is 2. The first-order valence-electron chi connectivity index (χ1n) is 8.35. The van der Waals surface area contributed by atoms with Crippen LogP contribution in [-0.2, 0) is 10.2 Å². The molecule has 1 aromatic rings. The molecule has 1 N–H and O–H groups in total. The number of rotatable bonds is 4. The van der Waals surface area contributed by atoms with Crippen molar-refractivity contribution in [3.63, 3.8) is 0 Å². The van der Waals surface area contributed by atoms with Crippen molar-refractivity contribution >= 4 is 6.03 Å². The van der Waals surface area contributed by atoms with Crippen LogP contribution in [0, 0.1) is 0 Å². The van der Waals surface area contributed by atoms with Crippen LogP contribution in [0.4, 0.5) is 4.79 Å². The van der Waals surface area contributed by atoms with E-state index in [4.69, 9.17) is 4.74 Å². The minimum atomic E-state index is 0.0572. The van der Waals surface area contributed by atoms with Gasteiger partial charge in [-0.2, -0.15) is 0 Å². The van der Waals surface area contributed by atoms with Gasteiger partial charge in [0.2, 0.25) is 0 Å². The molecule has 1 saturated heterocycles. The lowest BCUT2D eigenvalue weighted by molar-refractivity contribution is 0.110. The van der Waals surface area contributed by atoms with Gasteiger partial charge < -0.3 is 15.0 Å². The Balaban J connectivity index is 1.62. The maximum atomic E-state index is 12.4. The van der Waals surface area contributed by atoms with E-state index in [-0.39, 0.29) is 17.6 Å². The molecule has 4 nitrogen and oxygen atoms in total. The summed E-state index contributed by atoms with van der Waals surface area (Å²) in [6, 6.07) is 10.7. The Morgan fingerprint density at radius 1 is 1.32 bits per heavy atom. The van der Waals surface area contributed by atoms with Gasteiger partial charge in [0.15, 0.2) is 0 Å². The third kappa shape index (κ3) is 3.12. The lowest BCUT2D eigenvalue weighted by Gasteiger charge is -2.31. The van der Waals surface area contributed by atoms with E-state index in [0.29, 0.717) is 6.54 Å². The van der Waals surface area contributed by atoms with Crippen molar-refractivity contribution in [1.29, 1.82) is 0 Å². The molecule has 2 amide bonds. The molecule has 2 fully saturated rings. The number of nitrogens with one attached hydrogen (secondary N) is 1. The smallest absolute Gasteiger partial charge is 0.317 e. The number of hydrogen-bond donors (Lipinski definition) is 1. The summed E-state index contributed by atoms with van der Waals surface area (Å²) in [6.07, 6.45) is 5.96. The summed E-state index contributed by atoms with van der Waals surface area (Å²) in [5.41, 5.74) is 1.49. The molecule has 1 heterocycles. The van der Waals surface area contributed by atoms with Crippen LogP contribution in [0.3, 0.4) is 0 Å². The molecular weight excluding hydrogens is 276 g/mol. The Hall–Kier alpha value is -1.55. The SMILES string of the molecule is CO[C@@H]1CCN(C(=O)NCC2(c3ccccc3)CCCC2)C1. The molecule has 0 radical (unpaired) electrons. The van der Waals surface area contributed by atoms with Gasteiger partial charge in [-0.1, -0.05) is 43.2 Å². The molecule has 4 heteroatoms. The predicted octanol–water partition coefficient (Wildman–Crippen LogP) is 2.93. The molecule has 1 saturated carbocycles.